The number of benzene rings is 2. The second-order valence-corrected chi connectivity index (χ2v) is 8.93. The molecule has 33 heavy (non-hydrogen) atoms. The smallest absolute Gasteiger partial charge is 0.406 e. The number of anilines is 1. The Bertz CT molecular complexity index is 1100. The van der Waals surface area contributed by atoms with Crippen LogP contribution >= 0.6 is 0 Å². The van der Waals surface area contributed by atoms with Crippen molar-refractivity contribution in [3.63, 3.8) is 0 Å². The van der Waals surface area contributed by atoms with E-state index in [1.165, 1.54) is 12.1 Å². The van der Waals surface area contributed by atoms with Gasteiger partial charge in [0, 0.05) is 19.2 Å². The first-order valence-corrected chi connectivity index (χ1v) is 10.8. The Morgan fingerprint density at radius 2 is 1.58 bits per heavy atom. The molecule has 174 valence electrons. The molecule has 2 heterocycles. The molecule has 0 aromatic heterocycles. The van der Waals surface area contributed by atoms with Crippen LogP contribution in [0.4, 0.5) is 18.9 Å². The van der Waals surface area contributed by atoms with E-state index in [1.807, 2.05) is 24.0 Å². The molecule has 0 spiro atoms. The van der Waals surface area contributed by atoms with Crippen LogP contribution in [0.25, 0.3) is 5.57 Å². The number of carbonyl (C=O) groups is 2. The first-order chi connectivity index (χ1) is 15.5. The van der Waals surface area contributed by atoms with Gasteiger partial charge in [0.05, 0.1) is 11.3 Å². The number of amides is 2. The fraction of sp³-hybridized carbons (Fsp3) is 0.360. The van der Waals surface area contributed by atoms with E-state index >= 15 is 0 Å². The molecule has 0 bridgehead atoms. The highest BCUT2D eigenvalue weighted by Gasteiger charge is 2.44. The Kier molecular flexibility index (Phi) is 5.95. The summed E-state index contributed by atoms with van der Waals surface area (Å²) in [4.78, 5) is 30.1. The van der Waals surface area contributed by atoms with Crippen LogP contribution in [0.1, 0.15) is 31.4 Å². The third kappa shape index (κ3) is 4.74. The van der Waals surface area contributed by atoms with Crippen LogP contribution in [0, 0.1) is 18.8 Å². The highest BCUT2D eigenvalue weighted by Crippen LogP contribution is 2.38. The van der Waals surface area contributed by atoms with E-state index in [1.54, 1.807) is 12.1 Å². The van der Waals surface area contributed by atoms with E-state index in [2.05, 4.69) is 18.6 Å². The predicted octanol–water partition coefficient (Wildman–Crippen LogP) is 5.16. The van der Waals surface area contributed by atoms with Gasteiger partial charge in [-0.05, 0) is 42.9 Å². The first-order valence-electron chi connectivity index (χ1n) is 10.8. The lowest BCUT2D eigenvalue weighted by Crippen LogP contribution is -2.42. The van der Waals surface area contributed by atoms with Gasteiger partial charge in [-0.15, -0.1) is 13.2 Å². The molecular formula is C25H25F3N2O3. The van der Waals surface area contributed by atoms with Crippen molar-refractivity contribution in [2.45, 2.75) is 33.6 Å². The number of carbonyl (C=O) groups excluding carboxylic acids is 2. The Morgan fingerprint density at radius 3 is 2.18 bits per heavy atom. The van der Waals surface area contributed by atoms with Crippen LogP contribution in [0.15, 0.2) is 54.2 Å². The number of alkyl halides is 3. The molecule has 2 atom stereocenters. The maximum atomic E-state index is 13.6. The van der Waals surface area contributed by atoms with Gasteiger partial charge in [0.25, 0.3) is 11.8 Å². The molecule has 1 fully saturated rings. The summed E-state index contributed by atoms with van der Waals surface area (Å²) in [7, 11) is 0. The van der Waals surface area contributed by atoms with Crippen LogP contribution in [-0.4, -0.2) is 36.2 Å². The number of aryl methyl sites for hydroxylation is 1. The molecule has 8 heteroatoms. The topological polar surface area (TPSA) is 49.9 Å². The number of imide groups is 1. The summed E-state index contributed by atoms with van der Waals surface area (Å²) >= 11 is 0. The molecule has 2 unspecified atom stereocenters. The van der Waals surface area contributed by atoms with Crippen LogP contribution in [-0.2, 0) is 9.59 Å². The first kappa shape index (κ1) is 22.9. The van der Waals surface area contributed by atoms with Gasteiger partial charge < -0.3 is 9.64 Å². The Labute approximate surface area is 190 Å². The molecule has 2 amide bonds. The van der Waals surface area contributed by atoms with Crippen molar-refractivity contribution in [1.29, 1.82) is 0 Å². The van der Waals surface area contributed by atoms with Crippen LogP contribution in [0.3, 0.4) is 0 Å². The predicted molar refractivity (Wildman–Crippen MR) is 118 cm³/mol. The molecule has 2 aromatic rings. The Morgan fingerprint density at radius 1 is 0.939 bits per heavy atom. The SMILES string of the molecule is Cc1ccc(C2=C(N3CC(C)CC(C)C3)C(=O)N(c3cccc(OC(F)(F)F)c3)C2=O)cc1. The summed E-state index contributed by atoms with van der Waals surface area (Å²) in [6.45, 7) is 7.38. The second-order valence-electron chi connectivity index (χ2n) is 8.93. The Balaban J connectivity index is 1.78. The Hall–Kier alpha value is -3.29. The number of hydrogen-bond donors (Lipinski definition) is 0. The van der Waals surface area contributed by atoms with Gasteiger partial charge in [-0.2, -0.15) is 0 Å². The van der Waals surface area contributed by atoms with Crippen LogP contribution in [0.2, 0.25) is 0 Å². The van der Waals surface area contributed by atoms with E-state index in [0.717, 1.165) is 29.0 Å². The minimum absolute atomic E-state index is 0.0319. The lowest BCUT2D eigenvalue weighted by Gasteiger charge is -2.37. The number of piperidine rings is 1. The molecule has 1 saturated heterocycles. The lowest BCUT2D eigenvalue weighted by molar-refractivity contribution is -0.274. The van der Waals surface area contributed by atoms with Gasteiger partial charge >= 0.3 is 6.36 Å². The number of ether oxygens (including phenoxy) is 1. The summed E-state index contributed by atoms with van der Waals surface area (Å²) in [5.41, 5.74) is 2.20. The molecule has 2 aliphatic heterocycles. The normalized spacial score (nSPS) is 21.8. The van der Waals surface area contributed by atoms with Gasteiger partial charge in [0.2, 0.25) is 0 Å². The summed E-state index contributed by atoms with van der Waals surface area (Å²) in [5.74, 6) is -0.928. The lowest BCUT2D eigenvalue weighted by atomic mass is 9.91. The van der Waals surface area contributed by atoms with Crippen molar-refractivity contribution in [3.8, 4) is 5.75 Å². The van der Waals surface area contributed by atoms with Crippen molar-refractivity contribution in [2.24, 2.45) is 11.8 Å². The number of likely N-dealkylation sites (tertiary alicyclic amines) is 1. The fourth-order valence-corrected chi connectivity index (χ4v) is 4.69. The fourth-order valence-electron chi connectivity index (χ4n) is 4.69. The molecule has 5 nitrogen and oxygen atoms in total. The van der Waals surface area contributed by atoms with Crippen LogP contribution in [0.5, 0.6) is 5.75 Å². The largest absolute Gasteiger partial charge is 0.573 e. The molecule has 0 saturated carbocycles. The number of hydrogen-bond acceptors (Lipinski definition) is 4. The van der Waals surface area contributed by atoms with E-state index in [9.17, 15) is 22.8 Å². The van der Waals surface area contributed by atoms with Crippen molar-refractivity contribution >= 4 is 23.1 Å². The molecule has 2 aromatic carbocycles. The molecule has 0 aliphatic carbocycles. The monoisotopic (exact) mass is 458 g/mol. The second kappa shape index (κ2) is 8.57. The van der Waals surface area contributed by atoms with Gasteiger partial charge in [0.15, 0.2) is 0 Å². The molecular weight excluding hydrogens is 433 g/mol. The maximum absolute atomic E-state index is 13.6. The minimum Gasteiger partial charge on any atom is -0.406 e. The number of nitrogens with zero attached hydrogens (tertiary/aromatic N) is 2. The highest BCUT2D eigenvalue weighted by atomic mass is 19.4. The van der Waals surface area contributed by atoms with Gasteiger partial charge in [-0.25, -0.2) is 4.90 Å². The zero-order valence-corrected chi connectivity index (χ0v) is 18.6. The summed E-state index contributed by atoms with van der Waals surface area (Å²) in [5, 5.41) is 0. The van der Waals surface area contributed by atoms with Crippen molar-refractivity contribution in [1.82, 2.24) is 4.90 Å². The molecule has 4 rings (SSSR count). The molecule has 0 N–H and O–H groups in total. The average molecular weight is 458 g/mol. The van der Waals surface area contributed by atoms with E-state index < -0.39 is 23.9 Å². The summed E-state index contributed by atoms with van der Waals surface area (Å²) in [6.07, 6.45) is -3.86. The quantitative estimate of drug-likeness (QED) is 0.595. The third-order valence-electron chi connectivity index (χ3n) is 5.89. The molecule has 2 aliphatic rings. The molecule has 0 radical (unpaired) electrons. The summed E-state index contributed by atoms with van der Waals surface area (Å²) < 4.78 is 42.1. The van der Waals surface area contributed by atoms with Crippen LogP contribution < -0.4 is 9.64 Å². The van der Waals surface area contributed by atoms with Gasteiger partial charge in [0.1, 0.15) is 11.4 Å². The van der Waals surface area contributed by atoms with E-state index in [-0.39, 0.29) is 11.3 Å². The minimum atomic E-state index is -4.88. The summed E-state index contributed by atoms with van der Waals surface area (Å²) in [6, 6.07) is 12.2. The average Bonchev–Trinajstić information content (AvgIpc) is 2.97. The number of rotatable bonds is 4. The van der Waals surface area contributed by atoms with E-state index in [4.69, 9.17) is 0 Å². The maximum Gasteiger partial charge on any atom is 0.573 e. The standard InChI is InChI=1S/C25H25F3N2O3/c1-15-7-9-18(10-8-15)21-22(29-13-16(2)11-17(3)14-29)24(32)30(23(21)31)19-5-4-6-20(12-19)33-25(26,27)28/h4-10,12,16-17H,11,13-14H2,1-3H3. The van der Waals surface area contributed by atoms with Crippen molar-refractivity contribution < 1.29 is 27.5 Å². The van der Waals surface area contributed by atoms with Gasteiger partial charge in [-0.3, -0.25) is 9.59 Å². The van der Waals surface area contributed by atoms with Gasteiger partial charge in [-0.1, -0.05) is 49.7 Å². The third-order valence-corrected chi connectivity index (χ3v) is 5.89. The van der Waals surface area contributed by atoms with Crippen molar-refractivity contribution in [2.75, 3.05) is 18.0 Å². The van der Waals surface area contributed by atoms with E-state index in [0.29, 0.717) is 36.2 Å². The zero-order valence-electron chi connectivity index (χ0n) is 18.6. The van der Waals surface area contributed by atoms with Crippen molar-refractivity contribution in [3.05, 3.63) is 65.4 Å². The number of halogens is 3. The highest BCUT2D eigenvalue weighted by molar-refractivity contribution is 6.45. The zero-order chi connectivity index (χ0) is 23.9.